The molecule has 1 fully saturated rings. The maximum absolute atomic E-state index is 5.56. The third-order valence-electron chi connectivity index (χ3n) is 2.28. The van der Waals surface area contributed by atoms with Crippen molar-refractivity contribution >= 4 is 15.9 Å². The molecule has 0 atom stereocenters. The number of hydrogen-bond acceptors (Lipinski definition) is 2. The van der Waals surface area contributed by atoms with Gasteiger partial charge >= 0.3 is 0 Å². The van der Waals surface area contributed by atoms with E-state index in [4.69, 9.17) is 9.47 Å². The first-order valence-corrected chi connectivity index (χ1v) is 5.91. The lowest BCUT2D eigenvalue weighted by atomic mass is 10.1. The summed E-state index contributed by atoms with van der Waals surface area (Å²) in [5, 5.41) is 0.840. The van der Waals surface area contributed by atoms with Gasteiger partial charge in [-0.1, -0.05) is 40.2 Å². The van der Waals surface area contributed by atoms with E-state index in [0.29, 0.717) is 0 Å². The second kappa shape index (κ2) is 4.91. The largest absolute Gasteiger partial charge is 0.348 e. The SMILES string of the molecule is BrCc1ccccc1C1OCCCO1. The van der Waals surface area contributed by atoms with Crippen LogP contribution in [0.1, 0.15) is 23.8 Å². The van der Waals surface area contributed by atoms with Crippen molar-refractivity contribution in [3.8, 4) is 0 Å². The van der Waals surface area contributed by atoms with Crippen molar-refractivity contribution in [3.05, 3.63) is 35.4 Å². The molecule has 1 aromatic carbocycles. The maximum atomic E-state index is 5.56. The molecule has 2 rings (SSSR count). The molecule has 3 heteroatoms. The van der Waals surface area contributed by atoms with Crippen molar-refractivity contribution in [2.75, 3.05) is 13.2 Å². The lowest BCUT2D eigenvalue weighted by Crippen LogP contribution is -2.18. The van der Waals surface area contributed by atoms with E-state index in [1.807, 2.05) is 12.1 Å². The summed E-state index contributed by atoms with van der Waals surface area (Å²) >= 11 is 3.46. The Morgan fingerprint density at radius 2 is 1.93 bits per heavy atom. The zero-order chi connectivity index (χ0) is 9.80. The van der Waals surface area contributed by atoms with E-state index < -0.39 is 0 Å². The normalized spacial score (nSPS) is 18.4. The summed E-state index contributed by atoms with van der Waals surface area (Å²) in [6.45, 7) is 1.59. The van der Waals surface area contributed by atoms with Gasteiger partial charge in [-0.15, -0.1) is 0 Å². The minimum atomic E-state index is -0.169. The predicted octanol–water partition coefficient (Wildman–Crippen LogP) is 3.02. The van der Waals surface area contributed by atoms with Crippen LogP contribution in [0.3, 0.4) is 0 Å². The zero-order valence-electron chi connectivity index (χ0n) is 7.91. The number of benzene rings is 1. The minimum absolute atomic E-state index is 0.169. The molecule has 76 valence electrons. The topological polar surface area (TPSA) is 18.5 Å². The van der Waals surface area contributed by atoms with Crippen LogP contribution in [0.2, 0.25) is 0 Å². The molecule has 1 aromatic rings. The van der Waals surface area contributed by atoms with Crippen molar-refractivity contribution in [2.45, 2.75) is 18.0 Å². The lowest BCUT2D eigenvalue weighted by molar-refractivity contribution is -0.183. The molecule has 0 saturated carbocycles. The van der Waals surface area contributed by atoms with Crippen LogP contribution in [-0.2, 0) is 14.8 Å². The Morgan fingerprint density at radius 1 is 1.21 bits per heavy atom. The van der Waals surface area contributed by atoms with E-state index >= 15 is 0 Å². The van der Waals surface area contributed by atoms with Crippen LogP contribution in [0.5, 0.6) is 0 Å². The molecule has 0 spiro atoms. The summed E-state index contributed by atoms with van der Waals surface area (Å²) in [7, 11) is 0. The molecule has 0 radical (unpaired) electrons. The quantitative estimate of drug-likeness (QED) is 0.758. The molecule has 0 unspecified atom stereocenters. The van der Waals surface area contributed by atoms with Gasteiger partial charge in [0.25, 0.3) is 0 Å². The first-order chi connectivity index (χ1) is 6.92. The van der Waals surface area contributed by atoms with Crippen LogP contribution >= 0.6 is 15.9 Å². The third kappa shape index (κ3) is 2.16. The van der Waals surface area contributed by atoms with E-state index in [1.54, 1.807) is 0 Å². The maximum Gasteiger partial charge on any atom is 0.184 e. The molecular formula is C11H13BrO2. The Morgan fingerprint density at radius 3 is 2.64 bits per heavy atom. The second-order valence-corrected chi connectivity index (χ2v) is 3.82. The summed E-state index contributed by atoms with van der Waals surface area (Å²) in [4.78, 5) is 0. The van der Waals surface area contributed by atoms with Crippen LogP contribution in [0.15, 0.2) is 24.3 Å². The van der Waals surface area contributed by atoms with E-state index in [1.165, 1.54) is 5.56 Å². The highest BCUT2D eigenvalue weighted by Crippen LogP contribution is 2.26. The van der Waals surface area contributed by atoms with Gasteiger partial charge < -0.3 is 9.47 Å². The zero-order valence-corrected chi connectivity index (χ0v) is 9.50. The van der Waals surface area contributed by atoms with E-state index in [-0.39, 0.29) is 6.29 Å². The molecule has 14 heavy (non-hydrogen) atoms. The van der Waals surface area contributed by atoms with Gasteiger partial charge in [-0.05, 0) is 12.0 Å². The summed E-state index contributed by atoms with van der Waals surface area (Å²) < 4.78 is 11.1. The Balaban J connectivity index is 2.20. The standard InChI is InChI=1S/C11H13BrO2/c12-8-9-4-1-2-5-10(9)11-13-6-3-7-14-11/h1-2,4-5,11H,3,6-8H2. The molecule has 1 aliphatic heterocycles. The Labute approximate surface area is 92.3 Å². The highest BCUT2D eigenvalue weighted by molar-refractivity contribution is 9.08. The smallest absolute Gasteiger partial charge is 0.184 e. The molecule has 1 saturated heterocycles. The van der Waals surface area contributed by atoms with Gasteiger partial charge in [-0.2, -0.15) is 0 Å². The van der Waals surface area contributed by atoms with Crippen LogP contribution in [0.4, 0.5) is 0 Å². The number of rotatable bonds is 2. The monoisotopic (exact) mass is 256 g/mol. The molecule has 2 nitrogen and oxygen atoms in total. The van der Waals surface area contributed by atoms with Crippen LogP contribution in [-0.4, -0.2) is 13.2 Å². The fraction of sp³-hybridized carbons (Fsp3) is 0.455. The summed E-state index contributed by atoms with van der Waals surface area (Å²) in [6, 6.07) is 8.20. The van der Waals surface area contributed by atoms with Crippen molar-refractivity contribution in [1.29, 1.82) is 0 Å². The van der Waals surface area contributed by atoms with E-state index in [9.17, 15) is 0 Å². The number of hydrogen-bond donors (Lipinski definition) is 0. The highest BCUT2D eigenvalue weighted by Gasteiger charge is 2.18. The van der Waals surface area contributed by atoms with Crippen molar-refractivity contribution in [2.24, 2.45) is 0 Å². The molecule has 1 heterocycles. The van der Waals surface area contributed by atoms with Crippen LogP contribution in [0, 0.1) is 0 Å². The van der Waals surface area contributed by atoms with Gasteiger partial charge in [0.15, 0.2) is 6.29 Å². The number of ether oxygens (including phenoxy) is 2. The van der Waals surface area contributed by atoms with Crippen LogP contribution < -0.4 is 0 Å². The Kier molecular flexibility index (Phi) is 3.56. The van der Waals surface area contributed by atoms with Crippen molar-refractivity contribution in [1.82, 2.24) is 0 Å². The molecular weight excluding hydrogens is 244 g/mol. The van der Waals surface area contributed by atoms with Gasteiger partial charge in [0, 0.05) is 10.9 Å². The van der Waals surface area contributed by atoms with Crippen molar-refractivity contribution < 1.29 is 9.47 Å². The molecule has 0 aromatic heterocycles. The van der Waals surface area contributed by atoms with E-state index in [0.717, 1.165) is 30.5 Å². The Bertz CT molecular complexity index is 295. The lowest BCUT2D eigenvalue weighted by Gasteiger charge is -2.24. The first kappa shape index (κ1) is 10.1. The fourth-order valence-electron chi connectivity index (χ4n) is 1.55. The summed E-state index contributed by atoms with van der Waals surface area (Å²) in [6.07, 6.45) is 0.824. The molecule has 1 aliphatic rings. The number of halogens is 1. The van der Waals surface area contributed by atoms with Crippen molar-refractivity contribution in [3.63, 3.8) is 0 Å². The minimum Gasteiger partial charge on any atom is -0.348 e. The molecule has 0 amide bonds. The van der Waals surface area contributed by atoms with E-state index in [2.05, 4.69) is 28.1 Å². The van der Waals surface area contributed by atoms with Gasteiger partial charge in [0.05, 0.1) is 13.2 Å². The molecule has 0 bridgehead atoms. The van der Waals surface area contributed by atoms with Gasteiger partial charge in [-0.3, -0.25) is 0 Å². The van der Waals surface area contributed by atoms with Gasteiger partial charge in [-0.25, -0.2) is 0 Å². The predicted molar refractivity (Wildman–Crippen MR) is 58.3 cm³/mol. The molecule has 0 aliphatic carbocycles. The summed E-state index contributed by atoms with van der Waals surface area (Å²) in [5.74, 6) is 0. The van der Waals surface area contributed by atoms with Crippen LogP contribution in [0.25, 0.3) is 0 Å². The van der Waals surface area contributed by atoms with Gasteiger partial charge in [0.2, 0.25) is 0 Å². The summed E-state index contributed by atoms with van der Waals surface area (Å²) in [5.41, 5.74) is 2.38. The van der Waals surface area contributed by atoms with Gasteiger partial charge in [0.1, 0.15) is 0 Å². The number of alkyl halides is 1. The molecule has 0 N–H and O–H groups in total. The third-order valence-corrected chi connectivity index (χ3v) is 2.88. The average molecular weight is 257 g/mol. The first-order valence-electron chi connectivity index (χ1n) is 4.79. The average Bonchev–Trinajstić information content (AvgIpc) is 2.30. The fourth-order valence-corrected chi connectivity index (χ4v) is 2.06. The second-order valence-electron chi connectivity index (χ2n) is 3.26. The highest BCUT2D eigenvalue weighted by atomic mass is 79.9. The Hall–Kier alpha value is -0.380.